The van der Waals surface area contributed by atoms with E-state index in [0.29, 0.717) is 17.9 Å². The molecule has 0 saturated carbocycles. The maximum atomic E-state index is 12.6. The normalized spacial score (nSPS) is 31.3. The van der Waals surface area contributed by atoms with Crippen molar-refractivity contribution in [2.75, 3.05) is 51.9 Å². The fourth-order valence-corrected chi connectivity index (χ4v) is 5.87. The average molecular weight is 356 g/mol. The molecule has 0 unspecified atom stereocenters. The second kappa shape index (κ2) is 7.52. The molecule has 0 radical (unpaired) electrons. The molecule has 136 valence electrons. The monoisotopic (exact) mass is 355 g/mol. The molecule has 4 fully saturated rings. The summed E-state index contributed by atoms with van der Waals surface area (Å²) in [7, 11) is 0. The van der Waals surface area contributed by atoms with Crippen LogP contribution in [0.4, 0.5) is 0 Å². The lowest BCUT2D eigenvalue weighted by atomic mass is 9.89. The lowest BCUT2D eigenvalue weighted by molar-refractivity contribution is -0.144. The molecule has 4 saturated heterocycles. The molecule has 0 aromatic rings. The van der Waals surface area contributed by atoms with Crippen molar-refractivity contribution in [1.29, 1.82) is 0 Å². The molecular weight excluding hydrogens is 326 g/mol. The van der Waals surface area contributed by atoms with Gasteiger partial charge in [-0.15, -0.1) is 11.8 Å². The Morgan fingerprint density at radius 3 is 2.46 bits per heavy atom. The van der Waals surface area contributed by atoms with Crippen LogP contribution in [0.1, 0.15) is 32.1 Å². The first-order chi connectivity index (χ1) is 11.7. The van der Waals surface area contributed by atoms with E-state index in [4.69, 9.17) is 14.2 Å². The molecular formula is C18H29NO4S. The van der Waals surface area contributed by atoms with Crippen LogP contribution in [0, 0.1) is 11.8 Å². The zero-order valence-electron chi connectivity index (χ0n) is 14.4. The van der Waals surface area contributed by atoms with Gasteiger partial charge in [0.1, 0.15) is 0 Å². The Bertz CT molecular complexity index is 442. The van der Waals surface area contributed by atoms with Crippen molar-refractivity contribution in [2.45, 2.75) is 43.0 Å². The first-order valence-corrected chi connectivity index (χ1v) is 10.4. The third kappa shape index (κ3) is 3.76. The highest BCUT2D eigenvalue weighted by molar-refractivity contribution is 8.01. The summed E-state index contributed by atoms with van der Waals surface area (Å²) in [4.78, 5) is 14.6. The predicted octanol–water partition coefficient (Wildman–Crippen LogP) is 1.94. The number of carbonyl (C=O) groups excluding carboxylic acids is 1. The highest BCUT2D eigenvalue weighted by atomic mass is 32.2. The summed E-state index contributed by atoms with van der Waals surface area (Å²) in [6.45, 7) is 5.99. The van der Waals surface area contributed by atoms with Gasteiger partial charge in [0.2, 0.25) is 5.91 Å². The molecule has 0 N–H and O–H groups in total. The van der Waals surface area contributed by atoms with Crippen LogP contribution >= 0.6 is 11.8 Å². The van der Waals surface area contributed by atoms with E-state index >= 15 is 0 Å². The van der Waals surface area contributed by atoms with Gasteiger partial charge in [0, 0.05) is 57.8 Å². The van der Waals surface area contributed by atoms with Gasteiger partial charge in [-0.05, 0) is 38.0 Å². The van der Waals surface area contributed by atoms with Gasteiger partial charge < -0.3 is 19.1 Å². The van der Waals surface area contributed by atoms with Crippen molar-refractivity contribution in [3.63, 3.8) is 0 Å². The molecule has 4 aliphatic rings. The third-order valence-corrected chi connectivity index (χ3v) is 7.50. The summed E-state index contributed by atoms with van der Waals surface area (Å²) < 4.78 is 17.2. The van der Waals surface area contributed by atoms with Crippen molar-refractivity contribution in [3.8, 4) is 0 Å². The fourth-order valence-electron chi connectivity index (χ4n) is 4.32. The summed E-state index contributed by atoms with van der Waals surface area (Å²) in [6, 6.07) is 0. The van der Waals surface area contributed by atoms with Crippen molar-refractivity contribution < 1.29 is 19.0 Å². The standard InChI is InChI=1S/C18H29NO4S/c20-17(15-3-7-22-8-4-15)19-12-18(13-19)9-16(11-24-18)23-10-14-1-5-21-6-2-14/h14-16H,1-13H2/t16-/m0/s1. The molecule has 4 aliphatic heterocycles. The van der Waals surface area contributed by atoms with Gasteiger partial charge in [0.25, 0.3) is 0 Å². The van der Waals surface area contributed by atoms with E-state index in [1.54, 1.807) is 0 Å². The molecule has 0 aliphatic carbocycles. The Morgan fingerprint density at radius 1 is 1.08 bits per heavy atom. The number of thioether (sulfide) groups is 1. The van der Waals surface area contributed by atoms with Crippen LogP contribution in [0.25, 0.3) is 0 Å². The van der Waals surface area contributed by atoms with E-state index < -0.39 is 0 Å². The van der Waals surface area contributed by atoms with E-state index in [1.807, 2.05) is 11.8 Å². The number of carbonyl (C=O) groups is 1. The Hall–Kier alpha value is -0.300. The summed E-state index contributed by atoms with van der Waals surface area (Å²) in [5.74, 6) is 2.31. The van der Waals surface area contributed by atoms with Crippen molar-refractivity contribution >= 4 is 17.7 Å². The maximum absolute atomic E-state index is 12.6. The van der Waals surface area contributed by atoms with E-state index in [9.17, 15) is 4.79 Å². The first kappa shape index (κ1) is 17.1. The van der Waals surface area contributed by atoms with E-state index in [2.05, 4.69) is 4.90 Å². The minimum Gasteiger partial charge on any atom is -0.381 e. The quantitative estimate of drug-likeness (QED) is 0.771. The molecule has 4 rings (SSSR count). The van der Waals surface area contributed by atoms with Gasteiger partial charge in [-0.3, -0.25) is 4.79 Å². The molecule has 0 aromatic carbocycles. The van der Waals surface area contributed by atoms with Crippen molar-refractivity contribution in [1.82, 2.24) is 4.90 Å². The zero-order valence-corrected chi connectivity index (χ0v) is 15.2. The number of likely N-dealkylation sites (tertiary alicyclic amines) is 1. The van der Waals surface area contributed by atoms with Crippen LogP contribution < -0.4 is 0 Å². The van der Waals surface area contributed by atoms with Crippen LogP contribution in [-0.4, -0.2) is 73.5 Å². The number of amides is 1. The minimum atomic E-state index is 0.197. The molecule has 1 amide bonds. The van der Waals surface area contributed by atoms with E-state index in [0.717, 1.165) is 84.0 Å². The zero-order chi connectivity index (χ0) is 16.4. The number of hydrogen-bond donors (Lipinski definition) is 0. The summed E-state index contributed by atoms with van der Waals surface area (Å²) >= 11 is 2.03. The fraction of sp³-hybridized carbons (Fsp3) is 0.944. The second-order valence-electron chi connectivity index (χ2n) is 7.79. The van der Waals surface area contributed by atoms with Crippen LogP contribution in [0.5, 0.6) is 0 Å². The second-order valence-corrected chi connectivity index (χ2v) is 9.28. The SMILES string of the molecule is O=C(C1CCOCC1)N1CC2(C[C@H](OCC3CCOCC3)CS2)C1. The lowest BCUT2D eigenvalue weighted by Gasteiger charge is -2.48. The number of rotatable bonds is 4. The van der Waals surface area contributed by atoms with Crippen LogP contribution in [0.2, 0.25) is 0 Å². The molecule has 0 aromatic heterocycles. The first-order valence-electron chi connectivity index (χ1n) is 9.44. The van der Waals surface area contributed by atoms with Crippen molar-refractivity contribution in [3.05, 3.63) is 0 Å². The molecule has 24 heavy (non-hydrogen) atoms. The molecule has 6 heteroatoms. The van der Waals surface area contributed by atoms with Gasteiger partial charge in [-0.2, -0.15) is 0 Å². The Kier molecular flexibility index (Phi) is 5.37. The topological polar surface area (TPSA) is 48.0 Å². The molecule has 5 nitrogen and oxygen atoms in total. The van der Waals surface area contributed by atoms with E-state index in [-0.39, 0.29) is 10.7 Å². The van der Waals surface area contributed by atoms with Gasteiger partial charge in [-0.1, -0.05) is 0 Å². The highest BCUT2D eigenvalue weighted by Crippen LogP contribution is 2.46. The van der Waals surface area contributed by atoms with Crippen LogP contribution in [0.15, 0.2) is 0 Å². The summed E-state index contributed by atoms with van der Waals surface area (Å²) in [5, 5.41) is 0. The number of hydrogen-bond acceptors (Lipinski definition) is 5. The van der Waals surface area contributed by atoms with Crippen molar-refractivity contribution in [2.24, 2.45) is 11.8 Å². The molecule has 0 bridgehead atoms. The highest BCUT2D eigenvalue weighted by Gasteiger charge is 2.51. The lowest BCUT2D eigenvalue weighted by Crippen LogP contribution is -2.62. The summed E-state index contributed by atoms with van der Waals surface area (Å²) in [5.41, 5.74) is 0. The van der Waals surface area contributed by atoms with Gasteiger partial charge in [-0.25, -0.2) is 0 Å². The minimum absolute atomic E-state index is 0.197. The summed E-state index contributed by atoms with van der Waals surface area (Å²) in [6.07, 6.45) is 5.55. The van der Waals surface area contributed by atoms with Crippen LogP contribution in [-0.2, 0) is 19.0 Å². The Balaban J connectivity index is 1.19. The Labute approximate surface area is 148 Å². The smallest absolute Gasteiger partial charge is 0.225 e. The molecule has 1 spiro atoms. The van der Waals surface area contributed by atoms with Crippen LogP contribution in [0.3, 0.4) is 0 Å². The number of nitrogens with zero attached hydrogens (tertiary/aromatic N) is 1. The predicted molar refractivity (Wildman–Crippen MR) is 93.2 cm³/mol. The van der Waals surface area contributed by atoms with Gasteiger partial charge in [0.05, 0.1) is 10.9 Å². The average Bonchev–Trinajstić information content (AvgIpc) is 3.04. The largest absolute Gasteiger partial charge is 0.381 e. The van der Waals surface area contributed by atoms with E-state index in [1.165, 1.54) is 0 Å². The van der Waals surface area contributed by atoms with Gasteiger partial charge in [0.15, 0.2) is 0 Å². The third-order valence-electron chi connectivity index (χ3n) is 5.92. The maximum Gasteiger partial charge on any atom is 0.225 e. The molecule has 1 atom stereocenters. The number of ether oxygens (including phenoxy) is 3. The van der Waals surface area contributed by atoms with Gasteiger partial charge >= 0.3 is 0 Å². The molecule has 4 heterocycles. The Morgan fingerprint density at radius 2 is 1.75 bits per heavy atom.